The zero-order valence-electron chi connectivity index (χ0n) is 9.61. The molecule has 0 fully saturated rings. The fraction of sp³-hybridized carbons (Fsp3) is 0. The number of carbonyl (C=O) groups excluding carboxylic acids is 1. The quantitative estimate of drug-likeness (QED) is 0.321. The molecule has 0 saturated heterocycles. The third-order valence-electron chi connectivity index (χ3n) is 2.15. The number of aliphatic hydroxyl groups excluding tert-OH is 1. The van der Waals surface area contributed by atoms with Crippen molar-refractivity contribution >= 4 is 23.5 Å². The van der Waals surface area contributed by atoms with Gasteiger partial charge in [-0.15, -0.1) is 0 Å². The first-order chi connectivity index (χ1) is 8.93. The molecular weight excluding hydrogens is 252 g/mol. The van der Waals surface area contributed by atoms with Crippen LogP contribution in [0.2, 0.25) is 0 Å². The fourth-order valence-corrected chi connectivity index (χ4v) is 1.28. The molecule has 98 valence electrons. The van der Waals surface area contributed by atoms with Gasteiger partial charge >= 0.3 is 11.9 Å². The van der Waals surface area contributed by atoms with Gasteiger partial charge in [-0.1, -0.05) is 24.3 Å². The largest absolute Gasteiger partial charge is 0.507 e. The number of carboxylic acids is 2. The van der Waals surface area contributed by atoms with Crippen LogP contribution < -0.4 is 0 Å². The number of allylic oxidation sites excluding steroid dienone is 2. The van der Waals surface area contributed by atoms with Crippen LogP contribution in [0.4, 0.5) is 0 Å². The Bertz CT molecular complexity index is 583. The predicted molar refractivity (Wildman–Crippen MR) is 65.8 cm³/mol. The maximum Gasteiger partial charge on any atom is 0.376 e. The molecule has 6 heteroatoms. The molecule has 0 aromatic heterocycles. The summed E-state index contributed by atoms with van der Waals surface area (Å²) in [5.74, 6) is -4.35. The van der Waals surface area contributed by atoms with E-state index in [1.54, 1.807) is 0 Å². The molecule has 1 aromatic carbocycles. The Morgan fingerprint density at radius 3 is 2.05 bits per heavy atom. The first kappa shape index (κ1) is 14.2. The topological polar surface area (TPSA) is 112 Å². The molecule has 0 spiro atoms. The fourth-order valence-electron chi connectivity index (χ4n) is 1.28. The van der Waals surface area contributed by atoms with Crippen LogP contribution in [-0.2, 0) is 9.59 Å². The Hall–Kier alpha value is -2.89. The van der Waals surface area contributed by atoms with Gasteiger partial charge in [-0.2, -0.15) is 0 Å². The lowest BCUT2D eigenvalue weighted by atomic mass is 10.1. The van der Waals surface area contributed by atoms with Crippen molar-refractivity contribution in [2.24, 2.45) is 0 Å². The standard InChI is InChI=1S/C13H10O6/c14-10(6-3-7-11(15)13(18)19)8-4-1-2-5-9(8)12(16)17/h1-7,14H,(H,16,17)(H,18,19)/b7-3+,10-6-. The maximum atomic E-state index is 10.9. The van der Waals surface area contributed by atoms with Gasteiger partial charge in [0.15, 0.2) is 0 Å². The second kappa shape index (κ2) is 6.15. The Morgan fingerprint density at radius 1 is 0.947 bits per heavy atom. The third kappa shape index (κ3) is 3.81. The van der Waals surface area contributed by atoms with Crippen molar-refractivity contribution < 1.29 is 29.7 Å². The number of carboxylic acid groups (broad SMARTS) is 2. The van der Waals surface area contributed by atoms with Crippen LogP contribution >= 0.6 is 0 Å². The number of aromatic carboxylic acids is 1. The van der Waals surface area contributed by atoms with Crippen molar-refractivity contribution in [1.82, 2.24) is 0 Å². The van der Waals surface area contributed by atoms with E-state index in [0.717, 1.165) is 18.2 Å². The van der Waals surface area contributed by atoms with E-state index in [0.29, 0.717) is 0 Å². The summed E-state index contributed by atoms with van der Waals surface area (Å²) in [6, 6.07) is 5.75. The van der Waals surface area contributed by atoms with Crippen LogP contribution in [0.25, 0.3) is 5.76 Å². The molecular formula is C13H10O6. The summed E-state index contributed by atoms with van der Waals surface area (Å²) in [5, 5.41) is 26.9. The average molecular weight is 262 g/mol. The summed E-state index contributed by atoms with van der Waals surface area (Å²) >= 11 is 0. The third-order valence-corrected chi connectivity index (χ3v) is 2.15. The monoisotopic (exact) mass is 262 g/mol. The van der Waals surface area contributed by atoms with Gasteiger partial charge in [-0.25, -0.2) is 9.59 Å². The molecule has 3 N–H and O–H groups in total. The predicted octanol–water partition coefficient (Wildman–Crippen LogP) is 1.49. The van der Waals surface area contributed by atoms with Crippen LogP contribution in [0.1, 0.15) is 15.9 Å². The molecule has 6 nitrogen and oxygen atoms in total. The van der Waals surface area contributed by atoms with Crippen molar-refractivity contribution in [1.29, 1.82) is 0 Å². The van der Waals surface area contributed by atoms with Gasteiger partial charge in [-0.3, -0.25) is 4.79 Å². The first-order valence-corrected chi connectivity index (χ1v) is 5.10. The molecule has 0 heterocycles. The molecule has 1 aromatic rings. The van der Waals surface area contributed by atoms with Crippen molar-refractivity contribution in [2.75, 3.05) is 0 Å². The van der Waals surface area contributed by atoms with E-state index in [4.69, 9.17) is 10.2 Å². The summed E-state index contributed by atoms with van der Waals surface area (Å²) in [7, 11) is 0. The Balaban J connectivity index is 3.01. The van der Waals surface area contributed by atoms with E-state index in [1.165, 1.54) is 24.3 Å². The number of benzene rings is 1. The summed E-state index contributed by atoms with van der Waals surface area (Å²) in [6.45, 7) is 0. The second-order valence-corrected chi connectivity index (χ2v) is 3.43. The zero-order chi connectivity index (χ0) is 14.4. The molecule has 19 heavy (non-hydrogen) atoms. The zero-order valence-corrected chi connectivity index (χ0v) is 9.61. The number of aliphatic carboxylic acids is 1. The minimum Gasteiger partial charge on any atom is -0.507 e. The lowest BCUT2D eigenvalue weighted by Crippen LogP contribution is -2.08. The SMILES string of the molecule is O=C(O)C(=O)/C=C/C=C(\O)c1ccccc1C(=O)O. The summed E-state index contributed by atoms with van der Waals surface area (Å²) in [6.07, 6.45) is 2.83. The van der Waals surface area contributed by atoms with Gasteiger partial charge in [-0.05, 0) is 18.2 Å². The average Bonchev–Trinajstić information content (AvgIpc) is 2.38. The molecule has 1 rings (SSSR count). The number of aliphatic hydroxyl groups is 1. The van der Waals surface area contributed by atoms with E-state index in [-0.39, 0.29) is 16.9 Å². The number of hydrogen-bond donors (Lipinski definition) is 3. The molecule has 0 aliphatic rings. The number of carbonyl (C=O) groups is 3. The summed E-state index contributed by atoms with van der Waals surface area (Å²) < 4.78 is 0. The van der Waals surface area contributed by atoms with Crippen LogP contribution in [0, 0.1) is 0 Å². The summed E-state index contributed by atoms with van der Waals surface area (Å²) in [4.78, 5) is 31.9. The van der Waals surface area contributed by atoms with Crippen molar-refractivity contribution in [3.05, 3.63) is 53.6 Å². The minimum atomic E-state index is -1.62. The molecule has 0 radical (unpaired) electrons. The van der Waals surface area contributed by atoms with Crippen molar-refractivity contribution in [2.45, 2.75) is 0 Å². The highest BCUT2D eigenvalue weighted by atomic mass is 16.4. The van der Waals surface area contributed by atoms with Crippen LogP contribution in [0.3, 0.4) is 0 Å². The van der Waals surface area contributed by atoms with E-state index in [1.807, 2.05) is 0 Å². The molecule has 0 amide bonds. The van der Waals surface area contributed by atoms with Crippen molar-refractivity contribution in [3.8, 4) is 0 Å². The maximum absolute atomic E-state index is 10.9. The molecule has 0 aliphatic carbocycles. The van der Waals surface area contributed by atoms with Crippen LogP contribution in [-0.4, -0.2) is 33.0 Å². The van der Waals surface area contributed by atoms with Gasteiger partial charge in [0.1, 0.15) is 5.76 Å². The Kier molecular flexibility index (Phi) is 4.59. The molecule has 0 unspecified atom stereocenters. The molecule has 0 saturated carbocycles. The van der Waals surface area contributed by atoms with Gasteiger partial charge in [0.2, 0.25) is 0 Å². The summed E-state index contributed by atoms with van der Waals surface area (Å²) in [5.41, 5.74) is -0.0309. The molecule has 0 atom stereocenters. The lowest BCUT2D eigenvalue weighted by molar-refractivity contribution is -0.146. The molecule has 0 aliphatic heterocycles. The Labute approximate surface area is 107 Å². The van der Waals surface area contributed by atoms with E-state index >= 15 is 0 Å². The lowest BCUT2D eigenvalue weighted by Gasteiger charge is -2.03. The first-order valence-electron chi connectivity index (χ1n) is 5.10. The Morgan fingerprint density at radius 2 is 1.53 bits per heavy atom. The highest BCUT2D eigenvalue weighted by Gasteiger charge is 2.11. The second-order valence-electron chi connectivity index (χ2n) is 3.43. The number of ketones is 1. The van der Waals surface area contributed by atoms with E-state index in [9.17, 15) is 19.5 Å². The highest BCUT2D eigenvalue weighted by molar-refractivity contribution is 6.37. The van der Waals surface area contributed by atoms with E-state index < -0.39 is 17.7 Å². The van der Waals surface area contributed by atoms with Crippen LogP contribution in [0.15, 0.2) is 42.5 Å². The highest BCUT2D eigenvalue weighted by Crippen LogP contribution is 2.17. The van der Waals surface area contributed by atoms with Crippen molar-refractivity contribution in [3.63, 3.8) is 0 Å². The minimum absolute atomic E-state index is 0.0717. The normalized spacial score (nSPS) is 11.5. The van der Waals surface area contributed by atoms with E-state index in [2.05, 4.69) is 0 Å². The smallest absolute Gasteiger partial charge is 0.376 e. The van der Waals surface area contributed by atoms with Crippen LogP contribution in [0.5, 0.6) is 0 Å². The number of rotatable bonds is 5. The van der Waals surface area contributed by atoms with Gasteiger partial charge in [0, 0.05) is 5.56 Å². The number of hydrogen-bond acceptors (Lipinski definition) is 4. The molecule has 0 bridgehead atoms. The van der Waals surface area contributed by atoms with Gasteiger partial charge in [0.05, 0.1) is 5.56 Å². The van der Waals surface area contributed by atoms with Gasteiger partial charge in [0.25, 0.3) is 5.78 Å². The van der Waals surface area contributed by atoms with Gasteiger partial charge < -0.3 is 15.3 Å².